The molecule has 0 aromatic carbocycles. The number of hydrogen-bond acceptors (Lipinski definition) is 4. The van der Waals surface area contributed by atoms with Crippen LogP contribution in [0.4, 0.5) is 0 Å². The van der Waals surface area contributed by atoms with Gasteiger partial charge < -0.3 is 9.30 Å². The van der Waals surface area contributed by atoms with Crippen molar-refractivity contribution in [3.8, 4) is 0 Å². The average molecular weight is 270 g/mol. The molecule has 0 aliphatic carbocycles. The minimum Gasteiger partial charge on any atom is -0.451 e. The second kappa shape index (κ2) is 4.30. The third-order valence-corrected chi connectivity index (χ3v) is 3.42. The highest BCUT2D eigenvalue weighted by atomic mass is 16.6. The van der Waals surface area contributed by atoms with E-state index in [1.165, 1.54) is 4.57 Å². The summed E-state index contributed by atoms with van der Waals surface area (Å²) in [5.74, 6) is -0.551. The molecule has 0 N–H and O–H groups in total. The molecule has 0 bridgehead atoms. The molecule has 3 rings (SSSR count). The normalized spacial score (nSPS) is 15.8. The lowest BCUT2D eigenvalue weighted by molar-refractivity contribution is 0.00949. The van der Waals surface area contributed by atoms with E-state index in [9.17, 15) is 9.59 Å². The summed E-state index contributed by atoms with van der Waals surface area (Å²) in [5.41, 5.74) is 0.470. The molecule has 102 valence electrons. The Morgan fingerprint density at radius 2 is 2.05 bits per heavy atom. The van der Waals surface area contributed by atoms with E-state index < -0.39 is 11.6 Å². The van der Waals surface area contributed by atoms with Crippen molar-refractivity contribution in [2.75, 3.05) is 0 Å². The fraction of sp³-hybridized carbons (Fsp3) is 0.267. The van der Waals surface area contributed by atoms with Gasteiger partial charge in [-0.2, -0.15) is 0 Å². The molecule has 1 aliphatic rings. The van der Waals surface area contributed by atoms with Crippen LogP contribution in [0.15, 0.2) is 41.5 Å². The van der Waals surface area contributed by atoms with E-state index in [1.54, 1.807) is 32.3 Å². The number of aromatic nitrogens is 2. The molecule has 20 heavy (non-hydrogen) atoms. The lowest BCUT2D eigenvalue weighted by atomic mass is 9.97. The molecule has 0 saturated heterocycles. The Bertz CT molecular complexity index is 733. The first-order valence-electron chi connectivity index (χ1n) is 6.36. The maximum absolute atomic E-state index is 12.4. The Kier molecular flexibility index (Phi) is 2.71. The summed E-state index contributed by atoms with van der Waals surface area (Å²) in [6.45, 7) is 3.89. The molecule has 0 spiro atoms. The van der Waals surface area contributed by atoms with E-state index in [0.29, 0.717) is 12.1 Å². The van der Waals surface area contributed by atoms with Crippen molar-refractivity contribution in [3.63, 3.8) is 0 Å². The molecule has 0 atom stereocenters. The van der Waals surface area contributed by atoms with Gasteiger partial charge in [-0.05, 0) is 32.0 Å². The molecule has 0 amide bonds. The van der Waals surface area contributed by atoms with Crippen LogP contribution in [0.2, 0.25) is 0 Å². The SMILES string of the molecule is CC1(C)OC(=O)c2c1ccn(Cc1ccccn1)c2=O. The molecular weight excluding hydrogens is 256 g/mol. The van der Waals surface area contributed by atoms with Gasteiger partial charge in [-0.15, -0.1) is 0 Å². The van der Waals surface area contributed by atoms with Gasteiger partial charge in [-0.25, -0.2) is 4.79 Å². The summed E-state index contributed by atoms with van der Waals surface area (Å²) in [5, 5.41) is 0. The standard InChI is InChI=1S/C15H14N2O3/c1-15(2)11-6-8-17(9-10-5-3-4-7-16-10)13(18)12(11)14(19)20-15/h3-8H,9H2,1-2H3. The number of carbonyl (C=O) groups is 1. The molecule has 3 heterocycles. The van der Waals surface area contributed by atoms with E-state index in [4.69, 9.17) is 4.74 Å². The van der Waals surface area contributed by atoms with Crippen molar-refractivity contribution >= 4 is 5.97 Å². The van der Waals surface area contributed by atoms with Crippen LogP contribution < -0.4 is 5.56 Å². The molecule has 1 aliphatic heterocycles. The highest BCUT2D eigenvalue weighted by Gasteiger charge is 2.40. The van der Waals surface area contributed by atoms with Crippen molar-refractivity contribution in [1.29, 1.82) is 0 Å². The fourth-order valence-corrected chi connectivity index (χ4v) is 2.40. The first-order valence-corrected chi connectivity index (χ1v) is 6.36. The van der Waals surface area contributed by atoms with Gasteiger partial charge in [0.2, 0.25) is 0 Å². The summed E-state index contributed by atoms with van der Waals surface area (Å²) >= 11 is 0. The Morgan fingerprint density at radius 3 is 2.75 bits per heavy atom. The maximum Gasteiger partial charge on any atom is 0.345 e. The largest absolute Gasteiger partial charge is 0.451 e. The van der Waals surface area contributed by atoms with Crippen LogP contribution >= 0.6 is 0 Å². The monoisotopic (exact) mass is 270 g/mol. The topological polar surface area (TPSA) is 61.2 Å². The Morgan fingerprint density at radius 1 is 1.25 bits per heavy atom. The van der Waals surface area contributed by atoms with Crippen LogP contribution in [0.25, 0.3) is 0 Å². The third kappa shape index (κ3) is 1.91. The Balaban J connectivity index is 2.07. The van der Waals surface area contributed by atoms with E-state index in [1.807, 2.05) is 18.2 Å². The van der Waals surface area contributed by atoms with Crippen LogP contribution in [-0.2, 0) is 16.9 Å². The minimum absolute atomic E-state index is 0.133. The van der Waals surface area contributed by atoms with Gasteiger partial charge in [-0.1, -0.05) is 6.07 Å². The van der Waals surface area contributed by atoms with Crippen molar-refractivity contribution in [2.24, 2.45) is 0 Å². The predicted octanol–water partition coefficient (Wildman–Crippen LogP) is 1.70. The van der Waals surface area contributed by atoms with Crippen molar-refractivity contribution < 1.29 is 9.53 Å². The minimum atomic E-state index is -0.740. The van der Waals surface area contributed by atoms with Gasteiger partial charge in [0.1, 0.15) is 11.2 Å². The van der Waals surface area contributed by atoms with Crippen LogP contribution in [-0.4, -0.2) is 15.5 Å². The van der Waals surface area contributed by atoms with Gasteiger partial charge >= 0.3 is 5.97 Å². The van der Waals surface area contributed by atoms with E-state index in [0.717, 1.165) is 5.69 Å². The molecule has 2 aromatic rings. The molecule has 0 radical (unpaired) electrons. The number of pyridine rings is 2. The summed E-state index contributed by atoms with van der Waals surface area (Å²) in [7, 11) is 0. The van der Waals surface area contributed by atoms with Crippen molar-refractivity contribution in [2.45, 2.75) is 26.0 Å². The number of nitrogens with zero attached hydrogens (tertiary/aromatic N) is 2. The smallest absolute Gasteiger partial charge is 0.345 e. The number of cyclic esters (lactones) is 1. The first kappa shape index (κ1) is 12.6. The average Bonchev–Trinajstić information content (AvgIpc) is 2.64. The van der Waals surface area contributed by atoms with Crippen LogP contribution in [0.3, 0.4) is 0 Å². The molecular formula is C15H14N2O3. The van der Waals surface area contributed by atoms with E-state index >= 15 is 0 Å². The zero-order chi connectivity index (χ0) is 14.3. The molecule has 5 heteroatoms. The summed E-state index contributed by atoms with van der Waals surface area (Å²) in [6.07, 6.45) is 3.35. The van der Waals surface area contributed by atoms with Crippen molar-refractivity contribution in [1.82, 2.24) is 9.55 Å². The maximum atomic E-state index is 12.4. The number of fused-ring (bicyclic) bond motifs is 1. The number of ether oxygens (including phenoxy) is 1. The summed E-state index contributed by atoms with van der Waals surface area (Å²) < 4.78 is 6.71. The van der Waals surface area contributed by atoms with Gasteiger partial charge in [0.05, 0.1) is 12.2 Å². The van der Waals surface area contributed by atoms with Gasteiger partial charge in [0.15, 0.2) is 0 Å². The quantitative estimate of drug-likeness (QED) is 0.779. The number of hydrogen-bond donors (Lipinski definition) is 0. The second-order valence-corrected chi connectivity index (χ2v) is 5.26. The predicted molar refractivity (Wildman–Crippen MR) is 72.5 cm³/mol. The molecule has 0 unspecified atom stereocenters. The second-order valence-electron chi connectivity index (χ2n) is 5.26. The Hall–Kier alpha value is -2.43. The van der Waals surface area contributed by atoms with E-state index in [-0.39, 0.29) is 11.1 Å². The van der Waals surface area contributed by atoms with Crippen LogP contribution in [0, 0.1) is 0 Å². The molecule has 0 saturated carbocycles. The van der Waals surface area contributed by atoms with Gasteiger partial charge in [-0.3, -0.25) is 9.78 Å². The molecule has 0 fully saturated rings. The first-order chi connectivity index (χ1) is 9.49. The number of esters is 1. The summed E-state index contributed by atoms with van der Waals surface area (Å²) in [4.78, 5) is 28.4. The van der Waals surface area contributed by atoms with Gasteiger partial charge in [0.25, 0.3) is 5.56 Å². The van der Waals surface area contributed by atoms with E-state index in [2.05, 4.69) is 4.98 Å². The van der Waals surface area contributed by atoms with Crippen LogP contribution in [0.1, 0.15) is 35.5 Å². The number of rotatable bonds is 2. The highest BCUT2D eigenvalue weighted by molar-refractivity contribution is 5.94. The third-order valence-electron chi connectivity index (χ3n) is 3.42. The summed E-state index contributed by atoms with van der Waals surface area (Å²) in [6, 6.07) is 7.28. The highest BCUT2D eigenvalue weighted by Crippen LogP contribution is 2.33. The fourth-order valence-electron chi connectivity index (χ4n) is 2.40. The zero-order valence-electron chi connectivity index (χ0n) is 11.3. The Labute approximate surface area is 115 Å². The van der Waals surface area contributed by atoms with Crippen LogP contribution in [0.5, 0.6) is 0 Å². The number of carbonyl (C=O) groups excluding carboxylic acids is 1. The lowest BCUT2D eigenvalue weighted by Gasteiger charge is -2.17. The molecule has 2 aromatic heterocycles. The lowest BCUT2D eigenvalue weighted by Crippen LogP contribution is -2.26. The zero-order valence-corrected chi connectivity index (χ0v) is 11.3. The molecule has 5 nitrogen and oxygen atoms in total. The van der Waals surface area contributed by atoms with Gasteiger partial charge in [0, 0.05) is 18.0 Å². The van der Waals surface area contributed by atoms with Crippen molar-refractivity contribution in [3.05, 3.63) is 63.8 Å².